The van der Waals surface area contributed by atoms with Gasteiger partial charge in [0.15, 0.2) is 0 Å². The molecule has 0 spiro atoms. The lowest BCUT2D eigenvalue weighted by atomic mass is 10.1. The van der Waals surface area contributed by atoms with Crippen molar-refractivity contribution >= 4 is 69.2 Å². The quantitative estimate of drug-likeness (QED) is 0.106. The topological polar surface area (TPSA) is 149 Å². The van der Waals surface area contributed by atoms with E-state index >= 15 is 0 Å². The highest BCUT2D eigenvalue weighted by atomic mass is 32.1. The second-order valence-electron chi connectivity index (χ2n) is 10.2. The fourth-order valence-electron chi connectivity index (χ4n) is 4.89. The molecule has 0 saturated heterocycles. The molecule has 6 aromatic rings. The molecule has 0 bridgehead atoms. The van der Waals surface area contributed by atoms with Crippen LogP contribution in [0.1, 0.15) is 31.8 Å². The molecule has 0 aliphatic rings. The van der Waals surface area contributed by atoms with Gasteiger partial charge in [-0.05, 0) is 82.9 Å². The van der Waals surface area contributed by atoms with Crippen LogP contribution in [0.4, 0.5) is 0 Å². The van der Waals surface area contributed by atoms with E-state index in [1.54, 1.807) is 48.5 Å². The maximum atomic E-state index is 11.8. The number of aliphatic carboxylic acids is 2. The van der Waals surface area contributed by atoms with Gasteiger partial charge >= 0.3 is 23.9 Å². The standard InChI is InChI=1S/C34H22O8S4/c35-29(36)15-21-13-27(45-31(21)25-11-9-23(43-25)17-1-5-19(6-2-17)33(39)40)28-14-22(16-30(37)38)32(46-28)26-12-10-24(44-26)18-3-7-20(8-4-18)34(41)42/h1-14H,15-16H2,(H,35,36)(H,37,38)(H,39,40)(H,41,42). The van der Waals surface area contributed by atoms with Crippen LogP contribution < -0.4 is 0 Å². The van der Waals surface area contributed by atoms with Crippen molar-refractivity contribution in [3.63, 3.8) is 0 Å². The number of benzene rings is 2. The largest absolute Gasteiger partial charge is 0.481 e. The average Bonchev–Trinajstić information content (AvgIpc) is 3.83. The number of thiophene rings is 4. The third-order valence-corrected chi connectivity index (χ3v) is 12.2. The van der Waals surface area contributed by atoms with Crippen molar-refractivity contribution in [1.29, 1.82) is 0 Å². The summed E-state index contributed by atoms with van der Waals surface area (Å²) in [5.41, 5.74) is 3.40. The van der Waals surface area contributed by atoms with Crippen molar-refractivity contribution in [3.05, 3.63) is 107 Å². The number of hydrogen-bond acceptors (Lipinski definition) is 8. The van der Waals surface area contributed by atoms with Gasteiger partial charge in [-0.2, -0.15) is 0 Å². The molecule has 4 N–H and O–H groups in total. The monoisotopic (exact) mass is 686 g/mol. The van der Waals surface area contributed by atoms with E-state index in [-0.39, 0.29) is 24.0 Å². The molecule has 6 rings (SSSR count). The summed E-state index contributed by atoms with van der Waals surface area (Å²) in [7, 11) is 0. The van der Waals surface area contributed by atoms with E-state index in [1.807, 2.05) is 36.4 Å². The fourth-order valence-corrected chi connectivity index (χ4v) is 9.64. The summed E-state index contributed by atoms with van der Waals surface area (Å²) in [6.45, 7) is 0. The molecule has 0 amide bonds. The van der Waals surface area contributed by atoms with Gasteiger partial charge in [-0.15, -0.1) is 45.3 Å². The summed E-state index contributed by atoms with van der Waals surface area (Å²) in [6, 6.07) is 24.6. The van der Waals surface area contributed by atoms with Gasteiger partial charge in [0.2, 0.25) is 0 Å². The van der Waals surface area contributed by atoms with E-state index < -0.39 is 23.9 Å². The zero-order valence-electron chi connectivity index (χ0n) is 23.6. The summed E-state index contributed by atoms with van der Waals surface area (Å²) in [4.78, 5) is 53.0. The summed E-state index contributed by atoms with van der Waals surface area (Å²) in [5, 5.41) is 37.8. The van der Waals surface area contributed by atoms with Crippen LogP contribution in [-0.4, -0.2) is 44.3 Å². The molecule has 8 nitrogen and oxygen atoms in total. The van der Waals surface area contributed by atoms with Crippen molar-refractivity contribution < 1.29 is 39.6 Å². The van der Waals surface area contributed by atoms with Crippen LogP contribution in [0.25, 0.3) is 50.1 Å². The third kappa shape index (κ3) is 6.56. The Morgan fingerprint density at radius 2 is 0.783 bits per heavy atom. The van der Waals surface area contributed by atoms with E-state index in [1.165, 1.54) is 45.3 Å². The molecule has 46 heavy (non-hydrogen) atoms. The van der Waals surface area contributed by atoms with Crippen molar-refractivity contribution in [1.82, 2.24) is 0 Å². The summed E-state index contributed by atoms with van der Waals surface area (Å²) < 4.78 is 0. The molecular formula is C34H22O8S4. The second-order valence-corrected chi connectivity index (χ2v) is 14.4. The molecule has 0 aliphatic carbocycles. The van der Waals surface area contributed by atoms with Crippen molar-refractivity contribution in [2.75, 3.05) is 0 Å². The van der Waals surface area contributed by atoms with E-state index in [4.69, 9.17) is 0 Å². The minimum Gasteiger partial charge on any atom is -0.481 e. The number of rotatable bonds is 11. The summed E-state index contributed by atoms with van der Waals surface area (Å²) in [5.74, 6) is -3.93. The number of aromatic carboxylic acids is 2. The van der Waals surface area contributed by atoms with Gasteiger partial charge < -0.3 is 20.4 Å². The molecule has 0 atom stereocenters. The molecule has 0 saturated carbocycles. The molecule has 2 aromatic carbocycles. The van der Waals surface area contributed by atoms with Crippen LogP contribution in [0.5, 0.6) is 0 Å². The lowest BCUT2D eigenvalue weighted by Gasteiger charge is -2.00. The zero-order chi connectivity index (χ0) is 32.5. The Morgan fingerprint density at radius 3 is 1.11 bits per heavy atom. The Balaban J connectivity index is 1.36. The minimum atomic E-state index is -1.00. The van der Waals surface area contributed by atoms with E-state index in [2.05, 4.69) is 0 Å². The van der Waals surface area contributed by atoms with Gasteiger partial charge in [0, 0.05) is 39.0 Å². The van der Waals surface area contributed by atoms with Crippen LogP contribution in [0.2, 0.25) is 0 Å². The summed E-state index contributed by atoms with van der Waals surface area (Å²) in [6.07, 6.45) is -0.358. The SMILES string of the molecule is O=C(O)Cc1cc(-c2cc(CC(=O)O)c(-c3ccc(-c4ccc(C(=O)O)cc4)s3)s2)sc1-c1ccc(-c2ccc(C(=O)O)cc2)s1. The van der Waals surface area contributed by atoms with Crippen molar-refractivity contribution in [2.24, 2.45) is 0 Å². The van der Waals surface area contributed by atoms with Gasteiger partial charge in [-0.3, -0.25) is 9.59 Å². The predicted octanol–water partition coefficient (Wildman–Crippen LogP) is 8.92. The molecule has 230 valence electrons. The Bertz CT molecular complexity index is 1960. The van der Waals surface area contributed by atoms with Crippen LogP contribution in [0.15, 0.2) is 84.9 Å². The highest BCUT2D eigenvalue weighted by molar-refractivity contribution is 7.29. The molecule has 0 unspecified atom stereocenters. The Hall–Kier alpha value is -4.88. The van der Waals surface area contributed by atoms with Gasteiger partial charge in [0.1, 0.15) is 0 Å². The first-order valence-corrected chi connectivity index (χ1v) is 16.9. The molecule has 0 fully saturated rings. The number of carbonyl (C=O) groups is 4. The molecular weight excluding hydrogens is 665 g/mol. The molecule has 0 radical (unpaired) electrons. The van der Waals surface area contributed by atoms with Gasteiger partial charge in [-0.1, -0.05) is 24.3 Å². The third-order valence-electron chi connectivity index (χ3n) is 7.04. The highest BCUT2D eigenvalue weighted by Gasteiger charge is 2.22. The Kier molecular flexibility index (Phi) is 8.69. The van der Waals surface area contributed by atoms with Crippen LogP contribution >= 0.6 is 45.3 Å². The van der Waals surface area contributed by atoms with E-state index in [0.29, 0.717) is 11.1 Å². The Morgan fingerprint density at radius 1 is 0.435 bits per heavy atom. The first-order valence-electron chi connectivity index (χ1n) is 13.6. The van der Waals surface area contributed by atoms with Crippen molar-refractivity contribution in [2.45, 2.75) is 12.8 Å². The Labute approximate surface area is 277 Å². The normalized spacial score (nSPS) is 11.0. The van der Waals surface area contributed by atoms with Gasteiger partial charge in [0.25, 0.3) is 0 Å². The maximum Gasteiger partial charge on any atom is 0.335 e. The lowest BCUT2D eigenvalue weighted by molar-refractivity contribution is -0.137. The summed E-state index contributed by atoms with van der Waals surface area (Å²) >= 11 is 5.87. The lowest BCUT2D eigenvalue weighted by Crippen LogP contribution is -1.99. The highest BCUT2D eigenvalue weighted by Crippen LogP contribution is 2.48. The smallest absolute Gasteiger partial charge is 0.335 e. The molecule has 4 heterocycles. The second kappa shape index (κ2) is 12.9. The van der Waals surface area contributed by atoms with Gasteiger partial charge in [-0.25, -0.2) is 9.59 Å². The maximum absolute atomic E-state index is 11.8. The van der Waals surface area contributed by atoms with Crippen LogP contribution in [-0.2, 0) is 22.4 Å². The van der Waals surface area contributed by atoms with Gasteiger partial charge in [0.05, 0.1) is 24.0 Å². The fraction of sp³-hybridized carbons (Fsp3) is 0.0588. The van der Waals surface area contributed by atoms with E-state index in [9.17, 15) is 39.6 Å². The average molecular weight is 687 g/mol. The predicted molar refractivity (Wildman–Crippen MR) is 182 cm³/mol. The molecule has 4 aromatic heterocycles. The number of carboxylic acid groups (broad SMARTS) is 4. The molecule has 0 aliphatic heterocycles. The van der Waals surface area contributed by atoms with Crippen LogP contribution in [0, 0.1) is 0 Å². The van der Waals surface area contributed by atoms with Crippen molar-refractivity contribution in [3.8, 4) is 50.1 Å². The number of hydrogen-bond donors (Lipinski definition) is 4. The molecule has 12 heteroatoms. The van der Waals surface area contributed by atoms with E-state index in [0.717, 1.165) is 50.1 Å². The minimum absolute atomic E-state index is 0.179. The number of carboxylic acids is 4. The van der Waals surface area contributed by atoms with Crippen LogP contribution in [0.3, 0.4) is 0 Å². The first-order chi connectivity index (χ1) is 22.0. The zero-order valence-corrected chi connectivity index (χ0v) is 26.8. The first kappa shape index (κ1) is 31.1.